The first kappa shape index (κ1) is 32.2. The van der Waals surface area contributed by atoms with Gasteiger partial charge in [-0.3, -0.25) is 9.59 Å². The van der Waals surface area contributed by atoms with Crippen LogP contribution in [0.25, 0.3) is 21.7 Å². The van der Waals surface area contributed by atoms with Gasteiger partial charge in [0.15, 0.2) is 0 Å². The van der Waals surface area contributed by atoms with Crippen LogP contribution in [0, 0.1) is 5.82 Å². The van der Waals surface area contributed by atoms with Crippen molar-refractivity contribution < 1.29 is 46.5 Å². The molecule has 10 nitrogen and oxygen atoms in total. The third-order valence-corrected chi connectivity index (χ3v) is 9.11. The molecular weight excluding hydrogens is 644 g/mol. The van der Waals surface area contributed by atoms with Gasteiger partial charge in [0.1, 0.15) is 35.0 Å². The molecule has 4 N–H and O–H groups in total. The van der Waals surface area contributed by atoms with Crippen molar-refractivity contribution in [3.63, 3.8) is 0 Å². The Morgan fingerprint density at radius 3 is 2.51 bits per heavy atom. The average Bonchev–Trinajstić information content (AvgIpc) is 3.60. The summed E-state index contributed by atoms with van der Waals surface area (Å²) < 4.78 is 74.9. The van der Waals surface area contributed by atoms with Crippen LogP contribution >= 0.6 is 11.3 Å². The Morgan fingerprint density at radius 1 is 1.17 bits per heavy atom. The smallest absolute Gasteiger partial charge is 0.424 e. The molecule has 3 heterocycles. The van der Waals surface area contributed by atoms with Crippen LogP contribution in [-0.2, 0) is 15.8 Å². The molecule has 1 aliphatic carbocycles. The molecule has 1 unspecified atom stereocenters. The lowest BCUT2D eigenvalue weighted by Gasteiger charge is -2.31. The van der Waals surface area contributed by atoms with Gasteiger partial charge in [0.25, 0.3) is 11.1 Å². The summed E-state index contributed by atoms with van der Waals surface area (Å²) in [5.41, 5.74) is -0.0640. The number of nitrogens with zero attached hydrogens (tertiary/aromatic N) is 2. The number of rotatable bonds is 10. The number of pyridine rings is 1. The number of carbonyl (C=O) groups excluding carboxylic acids is 2. The predicted molar refractivity (Wildman–Crippen MR) is 162 cm³/mol. The summed E-state index contributed by atoms with van der Waals surface area (Å²) in [7, 11) is 1.48. The summed E-state index contributed by atoms with van der Waals surface area (Å²) in [6.45, 7) is -0.250. The molecule has 1 aliphatic heterocycles. The van der Waals surface area contributed by atoms with Gasteiger partial charge < -0.3 is 30.4 Å². The summed E-state index contributed by atoms with van der Waals surface area (Å²) >= 11 is 1.25. The first-order valence-corrected chi connectivity index (χ1v) is 15.2. The number of nitrogens with one attached hydrogen (secondary N) is 1. The molecule has 2 aliphatic rings. The zero-order chi connectivity index (χ0) is 33.7. The second-order valence-electron chi connectivity index (χ2n) is 11.5. The Kier molecular flexibility index (Phi) is 8.08. The van der Waals surface area contributed by atoms with E-state index in [1.807, 2.05) is 0 Å². The first-order valence-electron chi connectivity index (χ1n) is 14.4. The molecule has 0 spiro atoms. The Morgan fingerprint density at radius 2 is 1.89 bits per heavy atom. The SMILES string of the molecule is COc1ncc(-c2ccc(C(=O)NCC(O)(c3cc4c(c(-c5ccc(F)cc5)n3)OC[C@]4(C)C(N)=O)C(F)(F)F)cc2OC2CC2)s1. The molecule has 2 atom stereocenters. The maximum absolute atomic E-state index is 14.8. The molecule has 4 aromatic rings. The van der Waals surface area contributed by atoms with E-state index in [0.717, 1.165) is 31.0 Å². The van der Waals surface area contributed by atoms with Crippen LogP contribution in [0.1, 0.15) is 41.4 Å². The van der Waals surface area contributed by atoms with Crippen molar-refractivity contribution in [1.82, 2.24) is 15.3 Å². The number of hydrogen-bond acceptors (Lipinski definition) is 9. The number of amides is 2. The molecule has 2 aromatic carbocycles. The van der Waals surface area contributed by atoms with Gasteiger partial charge in [-0.1, -0.05) is 11.3 Å². The number of thiazole rings is 1. The van der Waals surface area contributed by atoms with Crippen LogP contribution in [0.3, 0.4) is 0 Å². The number of benzene rings is 2. The number of aromatic nitrogens is 2. The number of ether oxygens (including phenoxy) is 3. The standard InChI is InChI=1S/C32H28F4N4O6S/c1-30(28(37)42)15-45-26-21(30)12-24(40-25(26)16-3-6-18(33)7-4-16)31(43,32(34,35)36)14-39-27(41)17-5-10-20(22(11-17)46-19-8-9-19)23-13-38-29(44-2)47-23/h3-7,10-13,19,43H,8-9,14-15H2,1-2H3,(H2,37,42)(H,39,41)/t30-,31?/m0/s1. The number of aliphatic hydroxyl groups is 1. The summed E-state index contributed by atoms with van der Waals surface area (Å²) in [6, 6.07) is 10.0. The zero-order valence-electron chi connectivity index (χ0n) is 25.0. The predicted octanol–water partition coefficient (Wildman–Crippen LogP) is 4.88. The topological polar surface area (TPSA) is 146 Å². The highest BCUT2D eigenvalue weighted by Crippen LogP contribution is 2.48. The van der Waals surface area contributed by atoms with E-state index in [0.29, 0.717) is 21.4 Å². The summed E-state index contributed by atoms with van der Waals surface area (Å²) in [5, 5.41) is 13.9. The third kappa shape index (κ3) is 5.96. The fourth-order valence-electron chi connectivity index (χ4n) is 5.06. The Hall–Kier alpha value is -4.76. The number of carbonyl (C=O) groups is 2. The van der Waals surface area contributed by atoms with Gasteiger partial charge in [-0.2, -0.15) is 13.2 Å². The van der Waals surface area contributed by atoms with Crippen LogP contribution in [0.4, 0.5) is 17.6 Å². The molecule has 246 valence electrons. The molecule has 2 aromatic heterocycles. The molecule has 1 saturated carbocycles. The van der Waals surface area contributed by atoms with Gasteiger partial charge in [0.05, 0.1) is 30.3 Å². The molecule has 0 saturated heterocycles. The lowest BCUT2D eigenvalue weighted by molar-refractivity contribution is -0.265. The lowest BCUT2D eigenvalue weighted by atomic mass is 9.81. The minimum Gasteiger partial charge on any atom is -0.490 e. The van der Waals surface area contributed by atoms with Gasteiger partial charge in [-0.25, -0.2) is 14.4 Å². The van der Waals surface area contributed by atoms with Crippen molar-refractivity contribution in [2.45, 2.75) is 43.1 Å². The van der Waals surface area contributed by atoms with Gasteiger partial charge in [0.2, 0.25) is 11.5 Å². The van der Waals surface area contributed by atoms with Gasteiger partial charge in [-0.15, -0.1) is 0 Å². The average molecular weight is 673 g/mol. The quantitative estimate of drug-likeness (QED) is 0.202. The maximum Gasteiger partial charge on any atom is 0.424 e. The molecule has 0 radical (unpaired) electrons. The molecule has 47 heavy (non-hydrogen) atoms. The van der Waals surface area contributed by atoms with E-state index in [1.165, 1.54) is 49.6 Å². The van der Waals surface area contributed by atoms with Crippen LogP contribution < -0.4 is 25.3 Å². The molecule has 15 heteroatoms. The number of nitrogens with two attached hydrogens (primary N) is 1. The van der Waals surface area contributed by atoms with Crippen molar-refractivity contribution in [1.29, 1.82) is 0 Å². The van der Waals surface area contributed by atoms with Crippen molar-refractivity contribution in [3.05, 3.63) is 77.4 Å². The van der Waals surface area contributed by atoms with Crippen LogP contribution in [-0.4, -0.2) is 59.4 Å². The highest BCUT2D eigenvalue weighted by Gasteiger charge is 2.57. The van der Waals surface area contributed by atoms with E-state index in [9.17, 15) is 32.3 Å². The van der Waals surface area contributed by atoms with Gasteiger partial charge >= 0.3 is 6.18 Å². The van der Waals surface area contributed by atoms with Crippen LogP contribution in [0.15, 0.2) is 54.7 Å². The number of fused-ring (bicyclic) bond motifs is 1. The maximum atomic E-state index is 14.8. The molecule has 6 rings (SSSR count). The van der Waals surface area contributed by atoms with E-state index in [4.69, 9.17) is 19.9 Å². The van der Waals surface area contributed by atoms with Crippen molar-refractivity contribution in [2.24, 2.45) is 5.73 Å². The van der Waals surface area contributed by atoms with Crippen LogP contribution in [0.2, 0.25) is 0 Å². The molecule has 2 amide bonds. The largest absolute Gasteiger partial charge is 0.490 e. The van der Waals surface area contributed by atoms with Crippen molar-refractivity contribution in [3.8, 4) is 38.4 Å². The second-order valence-corrected chi connectivity index (χ2v) is 12.5. The molecular formula is C32H28F4N4O6S. The van der Waals surface area contributed by atoms with Crippen molar-refractivity contribution >= 4 is 23.2 Å². The third-order valence-electron chi connectivity index (χ3n) is 8.12. The van der Waals surface area contributed by atoms with E-state index < -0.39 is 47.1 Å². The Labute approximate surface area is 269 Å². The van der Waals surface area contributed by atoms with E-state index in [1.54, 1.807) is 12.3 Å². The minimum atomic E-state index is -5.36. The fourth-order valence-corrected chi connectivity index (χ4v) is 5.82. The first-order chi connectivity index (χ1) is 22.2. The fraction of sp³-hybridized carbons (Fsp3) is 0.312. The number of methoxy groups -OCH3 is 1. The highest BCUT2D eigenvalue weighted by molar-refractivity contribution is 7.16. The van der Waals surface area contributed by atoms with Crippen LogP contribution in [0.5, 0.6) is 16.7 Å². The number of halogens is 4. The minimum absolute atomic E-state index is 0.0194. The van der Waals surface area contributed by atoms with Crippen molar-refractivity contribution in [2.75, 3.05) is 20.3 Å². The number of hydrogen-bond donors (Lipinski definition) is 3. The Bertz CT molecular complexity index is 1860. The van der Waals surface area contributed by atoms with Gasteiger partial charge in [0, 0.05) is 28.5 Å². The summed E-state index contributed by atoms with van der Waals surface area (Å²) in [4.78, 5) is 34.7. The Balaban J connectivity index is 1.36. The second kappa shape index (κ2) is 11.8. The number of alkyl halides is 3. The highest BCUT2D eigenvalue weighted by atomic mass is 32.1. The summed E-state index contributed by atoms with van der Waals surface area (Å²) in [6.07, 6.45) is -2.21. The molecule has 1 fully saturated rings. The lowest BCUT2D eigenvalue weighted by Crippen LogP contribution is -2.51. The summed E-state index contributed by atoms with van der Waals surface area (Å²) in [5.74, 6) is -2.10. The van der Waals surface area contributed by atoms with E-state index in [-0.39, 0.29) is 40.8 Å². The normalized spacial score (nSPS) is 18.5. The van der Waals surface area contributed by atoms with Gasteiger partial charge in [-0.05, 0) is 68.3 Å². The zero-order valence-corrected chi connectivity index (χ0v) is 25.8. The van der Waals surface area contributed by atoms with E-state index >= 15 is 0 Å². The number of primary amides is 1. The monoisotopic (exact) mass is 672 g/mol. The van der Waals surface area contributed by atoms with E-state index in [2.05, 4.69) is 15.3 Å². The molecule has 0 bridgehead atoms.